The third-order valence-electron chi connectivity index (χ3n) is 5.55. The van der Waals surface area contributed by atoms with E-state index in [-0.39, 0.29) is 13.9 Å². The Labute approximate surface area is 185 Å². The van der Waals surface area contributed by atoms with Crippen LogP contribution in [0.1, 0.15) is 41.4 Å². The number of aryl methyl sites for hydroxylation is 2. The maximum Gasteiger partial charge on any atom is 0.293 e. The van der Waals surface area contributed by atoms with Gasteiger partial charge in [-0.15, -0.1) is 0 Å². The molecule has 1 aliphatic rings. The fourth-order valence-corrected chi connectivity index (χ4v) is 3.72. The molecule has 3 aromatic rings. The maximum atomic E-state index is 12.5. The molecule has 1 fully saturated rings. The maximum absolute atomic E-state index is 12.5. The molecule has 0 aliphatic carbocycles. The highest BCUT2D eigenvalue weighted by Gasteiger charge is 2.13. The minimum Gasteiger partial charge on any atom is -0.463 e. The number of benzene rings is 2. The van der Waals surface area contributed by atoms with Crippen LogP contribution in [0, 0.1) is 6.92 Å². The number of nitrogens with zero attached hydrogens (tertiary/aromatic N) is 2. The van der Waals surface area contributed by atoms with E-state index in [2.05, 4.69) is 23.3 Å². The SMILES string of the molecule is CN1CCCC1.Cc1ccc2c(c1)cc(C(=O)NCc1ccc(COC=O)cc1)n2C.[HH]. The first-order valence-corrected chi connectivity index (χ1v) is 10.6. The number of carbonyl (C=O) groups excluding carboxylic acids is 2. The number of likely N-dealkylation sites (tertiary alicyclic amines) is 1. The summed E-state index contributed by atoms with van der Waals surface area (Å²) in [4.78, 5) is 25.1. The molecule has 4 rings (SSSR count). The Hall–Kier alpha value is -3.12. The number of rotatable bonds is 6. The van der Waals surface area contributed by atoms with Crippen LogP contribution < -0.4 is 5.32 Å². The van der Waals surface area contributed by atoms with Crippen molar-refractivity contribution < 1.29 is 15.8 Å². The van der Waals surface area contributed by atoms with Crippen LogP contribution in [-0.4, -0.2) is 42.0 Å². The number of amides is 1. The molecule has 166 valence electrons. The van der Waals surface area contributed by atoms with E-state index in [0.29, 0.717) is 18.7 Å². The molecule has 6 heteroatoms. The molecule has 31 heavy (non-hydrogen) atoms. The standard InChI is InChI=1S/C20H20N2O3.C5H11N.H2/c1-14-3-8-18-17(9-14)10-19(22(18)2)20(24)21-11-15-4-6-16(7-5-15)12-25-13-23;1-6-4-2-3-5-6;/h3-10,13H,11-12H2,1-2H3,(H,21,24);2-5H2,1H3;1H. The summed E-state index contributed by atoms with van der Waals surface area (Å²) in [5.41, 5.74) is 4.74. The lowest BCUT2D eigenvalue weighted by Gasteiger charge is -2.07. The first kappa shape index (κ1) is 22.6. The lowest BCUT2D eigenvalue weighted by atomic mass is 10.1. The third-order valence-corrected chi connectivity index (χ3v) is 5.55. The van der Waals surface area contributed by atoms with Crippen LogP contribution >= 0.6 is 0 Å². The minimum atomic E-state index is -0.107. The predicted molar refractivity (Wildman–Crippen MR) is 125 cm³/mol. The molecule has 0 spiro atoms. The average Bonchev–Trinajstić information content (AvgIpc) is 3.38. The predicted octanol–water partition coefficient (Wildman–Crippen LogP) is 4.05. The first-order valence-electron chi connectivity index (χ1n) is 10.6. The summed E-state index contributed by atoms with van der Waals surface area (Å²) in [6.45, 7) is 5.80. The zero-order valence-electron chi connectivity index (χ0n) is 18.6. The van der Waals surface area contributed by atoms with E-state index >= 15 is 0 Å². The quantitative estimate of drug-likeness (QED) is 0.608. The van der Waals surface area contributed by atoms with E-state index < -0.39 is 0 Å². The third kappa shape index (κ3) is 6.18. The number of aromatic nitrogens is 1. The molecule has 1 aliphatic heterocycles. The molecule has 1 amide bonds. The fraction of sp³-hybridized carbons (Fsp3) is 0.360. The molecule has 2 heterocycles. The Morgan fingerprint density at radius 3 is 2.35 bits per heavy atom. The molecule has 0 radical (unpaired) electrons. The van der Waals surface area contributed by atoms with Gasteiger partial charge in [0.2, 0.25) is 0 Å². The van der Waals surface area contributed by atoms with E-state index in [0.717, 1.165) is 22.0 Å². The van der Waals surface area contributed by atoms with E-state index in [1.807, 2.05) is 61.0 Å². The molecule has 0 atom stereocenters. The molecule has 0 saturated carbocycles. The van der Waals surface area contributed by atoms with Gasteiger partial charge in [-0.2, -0.15) is 0 Å². The van der Waals surface area contributed by atoms with Gasteiger partial charge in [-0.05, 0) is 69.2 Å². The summed E-state index contributed by atoms with van der Waals surface area (Å²) in [6.07, 6.45) is 2.83. The second-order valence-electron chi connectivity index (χ2n) is 8.07. The summed E-state index contributed by atoms with van der Waals surface area (Å²) in [7, 11) is 4.07. The molecular formula is C25H33N3O3. The highest BCUT2D eigenvalue weighted by atomic mass is 16.5. The number of carbonyl (C=O) groups is 2. The number of fused-ring (bicyclic) bond motifs is 1. The van der Waals surface area contributed by atoms with Crippen LogP contribution in [0.5, 0.6) is 0 Å². The van der Waals surface area contributed by atoms with Crippen molar-refractivity contribution in [1.29, 1.82) is 0 Å². The molecule has 6 nitrogen and oxygen atoms in total. The topological polar surface area (TPSA) is 63.6 Å². The smallest absolute Gasteiger partial charge is 0.293 e. The molecule has 0 bridgehead atoms. The minimum absolute atomic E-state index is 0. The van der Waals surface area contributed by atoms with Crippen molar-refractivity contribution in [2.45, 2.75) is 32.9 Å². The lowest BCUT2D eigenvalue weighted by Crippen LogP contribution is -2.24. The van der Waals surface area contributed by atoms with Crippen molar-refractivity contribution in [3.63, 3.8) is 0 Å². The second kappa shape index (κ2) is 10.8. The van der Waals surface area contributed by atoms with Crippen LogP contribution in [0.2, 0.25) is 0 Å². The van der Waals surface area contributed by atoms with Crippen molar-refractivity contribution >= 4 is 23.3 Å². The molecule has 1 saturated heterocycles. The highest BCUT2D eigenvalue weighted by Crippen LogP contribution is 2.20. The van der Waals surface area contributed by atoms with Gasteiger partial charge < -0.3 is 19.5 Å². The molecule has 1 aromatic heterocycles. The monoisotopic (exact) mass is 423 g/mol. The Kier molecular flexibility index (Phi) is 7.84. The van der Waals surface area contributed by atoms with Crippen LogP contribution in [0.25, 0.3) is 10.9 Å². The first-order chi connectivity index (χ1) is 15.0. The number of hydrogen-bond donors (Lipinski definition) is 1. The zero-order valence-corrected chi connectivity index (χ0v) is 18.6. The number of hydrogen-bond acceptors (Lipinski definition) is 4. The summed E-state index contributed by atoms with van der Waals surface area (Å²) < 4.78 is 6.62. The zero-order chi connectivity index (χ0) is 22.2. The van der Waals surface area contributed by atoms with Gasteiger partial charge in [0.25, 0.3) is 12.4 Å². The van der Waals surface area contributed by atoms with Crippen molar-refractivity contribution in [2.24, 2.45) is 7.05 Å². The summed E-state index contributed by atoms with van der Waals surface area (Å²) in [6, 6.07) is 15.6. The Bertz CT molecular complexity index is 1020. The van der Waals surface area contributed by atoms with Crippen LogP contribution in [-0.2, 0) is 29.7 Å². The summed E-state index contributed by atoms with van der Waals surface area (Å²) >= 11 is 0. The molecule has 2 aromatic carbocycles. The highest BCUT2D eigenvalue weighted by molar-refractivity contribution is 5.98. The number of ether oxygens (including phenoxy) is 1. The number of nitrogens with one attached hydrogen (secondary N) is 1. The van der Waals surface area contributed by atoms with Crippen LogP contribution in [0.3, 0.4) is 0 Å². The van der Waals surface area contributed by atoms with E-state index in [1.54, 1.807) is 0 Å². The summed E-state index contributed by atoms with van der Waals surface area (Å²) in [5, 5.41) is 4.01. The Balaban J connectivity index is 0.000000450. The van der Waals surface area contributed by atoms with E-state index in [4.69, 9.17) is 4.74 Å². The average molecular weight is 424 g/mol. The van der Waals surface area contributed by atoms with Gasteiger partial charge in [0.15, 0.2) is 0 Å². The van der Waals surface area contributed by atoms with Crippen molar-refractivity contribution in [3.8, 4) is 0 Å². The van der Waals surface area contributed by atoms with Crippen molar-refractivity contribution in [3.05, 3.63) is 70.9 Å². The summed E-state index contributed by atoms with van der Waals surface area (Å²) in [5.74, 6) is -0.107. The van der Waals surface area contributed by atoms with Gasteiger partial charge in [0.05, 0.1) is 0 Å². The van der Waals surface area contributed by atoms with Crippen LogP contribution in [0.15, 0.2) is 48.5 Å². The Morgan fingerprint density at radius 1 is 1.06 bits per heavy atom. The molecule has 1 N–H and O–H groups in total. The molecule has 0 unspecified atom stereocenters. The lowest BCUT2D eigenvalue weighted by molar-refractivity contribution is -0.129. The van der Waals surface area contributed by atoms with Gasteiger partial charge >= 0.3 is 0 Å². The normalized spacial score (nSPS) is 13.5. The largest absolute Gasteiger partial charge is 0.463 e. The Morgan fingerprint density at radius 2 is 1.74 bits per heavy atom. The van der Waals surface area contributed by atoms with Gasteiger partial charge in [0.1, 0.15) is 12.3 Å². The van der Waals surface area contributed by atoms with Crippen molar-refractivity contribution in [2.75, 3.05) is 20.1 Å². The van der Waals surface area contributed by atoms with Gasteiger partial charge in [-0.25, -0.2) is 0 Å². The van der Waals surface area contributed by atoms with Gasteiger partial charge in [-0.1, -0.05) is 35.9 Å². The van der Waals surface area contributed by atoms with Gasteiger partial charge in [-0.3, -0.25) is 9.59 Å². The van der Waals surface area contributed by atoms with Crippen molar-refractivity contribution in [1.82, 2.24) is 14.8 Å². The van der Waals surface area contributed by atoms with E-state index in [9.17, 15) is 9.59 Å². The van der Waals surface area contributed by atoms with E-state index in [1.165, 1.54) is 31.5 Å². The molecular weight excluding hydrogens is 390 g/mol. The van der Waals surface area contributed by atoms with Gasteiger partial charge in [0, 0.05) is 25.9 Å². The second-order valence-corrected chi connectivity index (χ2v) is 8.07. The fourth-order valence-electron chi connectivity index (χ4n) is 3.72. The van der Waals surface area contributed by atoms with Crippen LogP contribution in [0.4, 0.5) is 0 Å².